The second-order valence-electron chi connectivity index (χ2n) is 3.71. The van der Waals surface area contributed by atoms with Crippen LogP contribution in [0.15, 0.2) is 30.3 Å². The van der Waals surface area contributed by atoms with Gasteiger partial charge in [-0.1, -0.05) is 43.1 Å². The highest BCUT2D eigenvalue weighted by Gasteiger charge is 2.03. The molecule has 1 aromatic carbocycles. The van der Waals surface area contributed by atoms with Crippen molar-refractivity contribution in [2.75, 3.05) is 0 Å². The summed E-state index contributed by atoms with van der Waals surface area (Å²) in [6.07, 6.45) is 3.29. The zero-order valence-corrected chi connectivity index (χ0v) is 9.59. The summed E-state index contributed by atoms with van der Waals surface area (Å²) in [6.45, 7) is 2.18. The van der Waals surface area contributed by atoms with E-state index in [4.69, 9.17) is 11.6 Å². The third kappa shape index (κ3) is 2.29. The molecule has 0 fully saturated rings. The monoisotopic (exact) mass is 219 g/mol. The van der Waals surface area contributed by atoms with Gasteiger partial charge in [0.15, 0.2) is 0 Å². The predicted octanol–water partition coefficient (Wildman–Crippen LogP) is 4.23. The third-order valence-electron chi connectivity index (χ3n) is 2.52. The highest BCUT2D eigenvalue weighted by Crippen LogP contribution is 2.21. The van der Waals surface area contributed by atoms with Gasteiger partial charge in [-0.15, -0.1) is 0 Å². The average molecular weight is 220 g/mol. The van der Waals surface area contributed by atoms with E-state index in [2.05, 4.69) is 11.9 Å². The number of hydrogen-bond donors (Lipinski definition) is 0. The first-order chi connectivity index (χ1) is 7.31. The molecule has 0 amide bonds. The van der Waals surface area contributed by atoms with E-state index in [-0.39, 0.29) is 0 Å². The fourth-order valence-corrected chi connectivity index (χ4v) is 1.90. The highest BCUT2D eigenvalue weighted by molar-refractivity contribution is 6.31. The first-order valence-electron chi connectivity index (χ1n) is 5.35. The molecule has 78 valence electrons. The average Bonchev–Trinajstić information content (AvgIpc) is 2.26. The second-order valence-corrected chi connectivity index (χ2v) is 4.12. The molecule has 0 atom stereocenters. The van der Waals surface area contributed by atoms with Crippen LogP contribution < -0.4 is 0 Å². The molecule has 2 rings (SSSR count). The normalized spacial score (nSPS) is 10.8. The first kappa shape index (κ1) is 10.4. The minimum Gasteiger partial charge on any atom is -0.251 e. The Morgan fingerprint density at radius 3 is 2.87 bits per heavy atom. The summed E-state index contributed by atoms with van der Waals surface area (Å²) in [5, 5.41) is 1.91. The van der Waals surface area contributed by atoms with Gasteiger partial charge in [0.25, 0.3) is 0 Å². The minimum atomic E-state index is 0.794. The number of fused-ring (bicyclic) bond motifs is 1. The number of unbranched alkanes of at least 4 members (excludes halogenated alkanes) is 1. The van der Waals surface area contributed by atoms with Crippen LogP contribution in [-0.2, 0) is 6.42 Å². The maximum atomic E-state index is 6.18. The van der Waals surface area contributed by atoms with Gasteiger partial charge in [-0.25, -0.2) is 0 Å². The lowest BCUT2D eigenvalue weighted by atomic mass is 10.1. The number of benzene rings is 1. The van der Waals surface area contributed by atoms with Crippen molar-refractivity contribution in [2.45, 2.75) is 26.2 Å². The fraction of sp³-hybridized carbons (Fsp3) is 0.308. The van der Waals surface area contributed by atoms with Gasteiger partial charge >= 0.3 is 0 Å². The molecule has 0 saturated carbocycles. The van der Waals surface area contributed by atoms with Crippen molar-refractivity contribution >= 4 is 22.5 Å². The van der Waals surface area contributed by atoms with E-state index >= 15 is 0 Å². The third-order valence-corrected chi connectivity index (χ3v) is 2.84. The lowest BCUT2D eigenvalue weighted by molar-refractivity contribution is 0.780. The van der Waals surface area contributed by atoms with Gasteiger partial charge in [-0.3, -0.25) is 4.98 Å². The zero-order valence-electron chi connectivity index (χ0n) is 8.83. The van der Waals surface area contributed by atoms with Crippen molar-refractivity contribution in [1.82, 2.24) is 4.98 Å². The van der Waals surface area contributed by atoms with Gasteiger partial charge in [0.1, 0.15) is 0 Å². The number of nitrogens with zero attached hydrogens (tertiary/aromatic N) is 1. The molecule has 0 bridgehead atoms. The fourth-order valence-electron chi connectivity index (χ4n) is 1.65. The molecule has 0 N–H and O–H groups in total. The molecule has 1 heterocycles. The maximum absolute atomic E-state index is 6.18. The molecule has 15 heavy (non-hydrogen) atoms. The molecule has 0 aliphatic heterocycles. The molecule has 0 aliphatic carbocycles. The Kier molecular flexibility index (Phi) is 3.22. The van der Waals surface area contributed by atoms with Gasteiger partial charge in [0.2, 0.25) is 0 Å². The quantitative estimate of drug-likeness (QED) is 0.753. The Morgan fingerprint density at radius 1 is 1.27 bits per heavy atom. The Morgan fingerprint density at radius 2 is 2.07 bits per heavy atom. The summed E-state index contributed by atoms with van der Waals surface area (Å²) < 4.78 is 0. The second kappa shape index (κ2) is 4.63. The van der Waals surface area contributed by atoms with Crippen LogP contribution in [0, 0.1) is 0 Å². The standard InChI is InChI=1S/C13H14ClN/c1-2-3-7-13-11(14)9-10-6-4-5-8-12(10)15-13/h4-6,8-9H,2-3,7H2,1H3. The molecule has 0 saturated heterocycles. The number of rotatable bonds is 3. The van der Waals surface area contributed by atoms with Crippen molar-refractivity contribution in [1.29, 1.82) is 0 Å². The van der Waals surface area contributed by atoms with Crippen molar-refractivity contribution in [3.63, 3.8) is 0 Å². The van der Waals surface area contributed by atoms with E-state index in [1.807, 2.05) is 30.3 Å². The van der Waals surface area contributed by atoms with Crippen LogP contribution in [0.1, 0.15) is 25.5 Å². The lowest BCUT2D eigenvalue weighted by Crippen LogP contribution is -1.92. The predicted molar refractivity (Wildman–Crippen MR) is 65.4 cm³/mol. The van der Waals surface area contributed by atoms with Gasteiger partial charge < -0.3 is 0 Å². The van der Waals surface area contributed by atoms with Crippen molar-refractivity contribution in [2.24, 2.45) is 0 Å². The highest BCUT2D eigenvalue weighted by atomic mass is 35.5. The number of aromatic nitrogens is 1. The van der Waals surface area contributed by atoms with Crippen molar-refractivity contribution in [3.05, 3.63) is 41.0 Å². The molecule has 1 aromatic heterocycles. The molecular formula is C13H14ClN. The van der Waals surface area contributed by atoms with Gasteiger partial charge in [-0.05, 0) is 25.0 Å². The molecule has 1 nitrogen and oxygen atoms in total. The Labute approximate surface area is 95.1 Å². The van der Waals surface area contributed by atoms with Crippen LogP contribution in [0.2, 0.25) is 5.02 Å². The van der Waals surface area contributed by atoms with Crippen LogP contribution in [0.3, 0.4) is 0 Å². The van der Waals surface area contributed by atoms with E-state index < -0.39 is 0 Å². The molecule has 0 radical (unpaired) electrons. The number of hydrogen-bond acceptors (Lipinski definition) is 1. The SMILES string of the molecule is CCCCc1nc2ccccc2cc1Cl. The number of pyridine rings is 1. The Balaban J connectivity index is 2.43. The summed E-state index contributed by atoms with van der Waals surface area (Å²) in [7, 11) is 0. The summed E-state index contributed by atoms with van der Waals surface area (Å²) in [5.74, 6) is 0. The van der Waals surface area contributed by atoms with Crippen molar-refractivity contribution in [3.8, 4) is 0 Å². The summed E-state index contributed by atoms with van der Waals surface area (Å²) >= 11 is 6.18. The number of para-hydroxylation sites is 1. The van der Waals surface area contributed by atoms with E-state index in [0.29, 0.717) is 0 Å². The van der Waals surface area contributed by atoms with Crippen molar-refractivity contribution < 1.29 is 0 Å². The van der Waals surface area contributed by atoms with Crippen LogP contribution in [0.25, 0.3) is 10.9 Å². The van der Waals surface area contributed by atoms with Crippen LogP contribution in [0.5, 0.6) is 0 Å². The molecular weight excluding hydrogens is 206 g/mol. The smallest absolute Gasteiger partial charge is 0.0706 e. The topological polar surface area (TPSA) is 12.9 Å². The van der Waals surface area contributed by atoms with E-state index in [1.165, 1.54) is 6.42 Å². The number of halogens is 1. The summed E-state index contributed by atoms with van der Waals surface area (Å²) in [5.41, 5.74) is 2.06. The summed E-state index contributed by atoms with van der Waals surface area (Å²) in [6, 6.07) is 10.1. The summed E-state index contributed by atoms with van der Waals surface area (Å²) in [4.78, 5) is 4.58. The van der Waals surface area contributed by atoms with Gasteiger partial charge in [0, 0.05) is 5.39 Å². The molecule has 0 aliphatic rings. The minimum absolute atomic E-state index is 0.794. The molecule has 2 heteroatoms. The number of aryl methyl sites for hydroxylation is 1. The Hall–Kier alpha value is -1.08. The van der Waals surface area contributed by atoms with Crippen LogP contribution >= 0.6 is 11.6 Å². The maximum Gasteiger partial charge on any atom is 0.0706 e. The molecule has 0 unspecified atom stereocenters. The molecule has 2 aromatic rings. The van der Waals surface area contributed by atoms with Gasteiger partial charge in [0.05, 0.1) is 16.2 Å². The van der Waals surface area contributed by atoms with Gasteiger partial charge in [-0.2, -0.15) is 0 Å². The lowest BCUT2D eigenvalue weighted by Gasteiger charge is -2.04. The Bertz CT molecular complexity index is 465. The van der Waals surface area contributed by atoms with Crippen LogP contribution in [0.4, 0.5) is 0 Å². The van der Waals surface area contributed by atoms with Crippen LogP contribution in [-0.4, -0.2) is 4.98 Å². The zero-order chi connectivity index (χ0) is 10.7. The largest absolute Gasteiger partial charge is 0.251 e. The van der Waals surface area contributed by atoms with E-state index in [1.54, 1.807) is 0 Å². The van der Waals surface area contributed by atoms with E-state index in [9.17, 15) is 0 Å². The molecule has 0 spiro atoms. The first-order valence-corrected chi connectivity index (χ1v) is 5.73. The van der Waals surface area contributed by atoms with E-state index in [0.717, 1.165) is 34.5 Å².